The number of carbonyl (C=O) groups excluding carboxylic acids is 2. The molecule has 0 bridgehead atoms. The van der Waals surface area contributed by atoms with E-state index in [1.54, 1.807) is 70.6 Å². The number of ether oxygens (including phenoxy) is 2. The van der Waals surface area contributed by atoms with E-state index in [0.717, 1.165) is 84.3 Å². The van der Waals surface area contributed by atoms with E-state index in [-0.39, 0.29) is 23.8 Å². The minimum atomic E-state index is -0.147. The molecule has 0 amide bonds. The molecule has 0 spiro atoms. The standard InChI is InChI=1S/C27H52O10S10/c28-19-46-24-43-16-8-33-27(31)4-14-41-22-38-11-1-5-34-36-9-17-44-23-42-15-7-32-26(30)3-13-40-21-39-12-2-6-35-37-10-18-45-25-47-20-29/h28-29H,1-25H2. The van der Waals surface area contributed by atoms with Crippen LogP contribution in [0.4, 0.5) is 0 Å². The summed E-state index contributed by atoms with van der Waals surface area (Å²) in [7, 11) is 0. The highest BCUT2D eigenvalue weighted by atomic mass is 32.2. The van der Waals surface area contributed by atoms with Gasteiger partial charge in [-0.25, -0.2) is 19.6 Å². The van der Waals surface area contributed by atoms with E-state index in [2.05, 4.69) is 0 Å². The summed E-state index contributed by atoms with van der Waals surface area (Å²) in [5.74, 6) is 6.77. The topological polar surface area (TPSA) is 130 Å². The molecule has 0 saturated carbocycles. The normalized spacial score (nSPS) is 11.3. The molecule has 0 rings (SSSR count). The first-order valence-corrected chi connectivity index (χ1v) is 26.5. The number of rotatable bonds is 40. The fourth-order valence-electron chi connectivity index (χ4n) is 2.59. The minimum Gasteiger partial charge on any atom is -0.465 e. The van der Waals surface area contributed by atoms with Crippen molar-refractivity contribution in [2.24, 2.45) is 0 Å². The molecule has 2 N–H and O–H groups in total. The van der Waals surface area contributed by atoms with Crippen molar-refractivity contribution in [3.05, 3.63) is 0 Å². The first kappa shape index (κ1) is 49.2. The lowest BCUT2D eigenvalue weighted by atomic mass is 10.5. The Bertz CT molecular complexity index is 665. The fourth-order valence-corrected chi connectivity index (χ4v) is 11.4. The molecule has 47 heavy (non-hydrogen) atoms. The Kier molecular flexibility index (Phi) is 46.4. The number of hydrogen-bond acceptors (Lipinski definition) is 20. The van der Waals surface area contributed by atoms with Gasteiger partial charge in [0.15, 0.2) is 0 Å². The molecule has 0 unspecified atom stereocenters. The van der Waals surface area contributed by atoms with Gasteiger partial charge in [0.2, 0.25) is 0 Å². The molecule has 0 aliphatic heterocycles. The van der Waals surface area contributed by atoms with Crippen LogP contribution in [0.5, 0.6) is 0 Å². The molecular weight excluding hydrogens is 805 g/mol. The Hall–Kier alpha value is 2.20. The van der Waals surface area contributed by atoms with Gasteiger partial charge in [-0.3, -0.25) is 9.59 Å². The predicted molar refractivity (Wildman–Crippen MR) is 218 cm³/mol. The second kappa shape index (κ2) is 44.4. The van der Waals surface area contributed by atoms with Crippen molar-refractivity contribution in [2.45, 2.75) is 25.7 Å². The van der Waals surface area contributed by atoms with E-state index in [0.29, 0.717) is 52.5 Å². The van der Waals surface area contributed by atoms with Crippen molar-refractivity contribution in [2.75, 3.05) is 123 Å². The largest absolute Gasteiger partial charge is 0.465 e. The van der Waals surface area contributed by atoms with E-state index in [1.165, 1.54) is 23.5 Å². The average Bonchev–Trinajstić information content (AvgIpc) is 3.07. The van der Waals surface area contributed by atoms with Gasteiger partial charge in [-0.05, 0) is 24.3 Å². The second-order valence-electron chi connectivity index (χ2n) is 8.46. The van der Waals surface area contributed by atoms with Gasteiger partial charge >= 0.3 is 11.9 Å². The third kappa shape index (κ3) is 44.3. The maximum absolute atomic E-state index is 11.9. The van der Waals surface area contributed by atoms with Gasteiger partial charge in [-0.15, -0.1) is 70.6 Å². The van der Waals surface area contributed by atoms with Crippen LogP contribution >= 0.6 is 118 Å². The summed E-state index contributed by atoms with van der Waals surface area (Å²) in [6, 6.07) is 0. The van der Waals surface area contributed by atoms with Crippen LogP contribution in [0.2, 0.25) is 0 Å². The zero-order chi connectivity index (χ0) is 34.1. The molecule has 0 aromatic rings. The number of thioether (sulfide) groups is 10. The van der Waals surface area contributed by atoms with E-state index in [1.807, 2.05) is 23.5 Å². The molecule has 0 heterocycles. The SMILES string of the molecule is O=C(CCSCSCCCOOCCSCSCCOC(=O)CCSCSCCCOOCCSCSCO)OCCSCSCO. The Balaban J connectivity index is 3.19. The molecule has 0 radical (unpaired) electrons. The van der Waals surface area contributed by atoms with Crippen molar-refractivity contribution in [3.8, 4) is 0 Å². The third-order valence-corrected chi connectivity index (χ3v) is 15.7. The summed E-state index contributed by atoms with van der Waals surface area (Å²) >= 11 is 17.0. The van der Waals surface area contributed by atoms with Crippen LogP contribution in [-0.4, -0.2) is 145 Å². The predicted octanol–water partition coefficient (Wildman–Crippen LogP) is 6.55. The van der Waals surface area contributed by atoms with Crippen molar-refractivity contribution >= 4 is 130 Å². The van der Waals surface area contributed by atoms with Crippen molar-refractivity contribution in [3.63, 3.8) is 0 Å². The molecule has 0 aliphatic carbocycles. The highest BCUT2D eigenvalue weighted by molar-refractivity contribution is 8.17. The second-order valence-corrected chi connectivity index (χ2v) is 21.0. The van der Waals surface area contributed by atoms with Gasteiger partial charge in [0.1, 0.15) is 13.2 Å². The number of esters is 2. The highest BCUT2D eigenvalue weighted by Crippen LogP contribution is 2.17. The Morgan fingerprint density at radius 3 is 1.11 bits per heavy atom. The average molecular weight is 857 g/mol. The van der Waals surface area contributed by atoms with Crippen molar-refractivity contribution < 1.29 is 48.8 Å². The van der Waals surface area contributed by atoms with Crippen molar-refractivity contribution in [1.29, 1.82) is 0 Å². The monoisotopic (exact) mass is 856 g/mol. The first-order chi connectivity index (χ1) is 23.2. The lowest BCUT2D eigenvalue weighted by Gasteiger charge is -2.06. The summed E-state index contributed by atoms with van der Waals surface area (Å²) < 4.78 is 10.5. The van der Waals surface area contributed by atoms with Gasteiger partial charge in [0.05, 0.1) is 51.1 Å². The maximum Gasteiger partial charge on any atom is 0.306 e. The highest BCUT2D eigenvalue weighted by Gasteiger charge is 2.04. The van der Waals surface area contributed by atoms with Crippen LogP contribution in [0.1, 0.15) is 25.7 Å². The van der Waals surface area contributed by atoms with E-state index in [9.17, 15) is 9.59 Å². The molecule has 0 aromatic heterocycles. The lowest BCUT2D eigenvalue weighted by Crippen LogP contribution is -2.08. The maximum atomic E-state index is 11.9. The van der Waals surface area contributed by atoms with Gasteiger partial charge in [0.25, 0.3) is 0 Å². The van der Waals surface area contributed by atoms with Crippen LogP contribution < -0.4 is 0 Å². The Morgan fingerprint density at radius 1 is 0.383 bits per heavy atom. The minimum absolute atomic E-state index is 0.124. The number of aliphatic hydroxyl groups is 2. The number of carbonyl (C=O) groups is 2. The van der Waals surface area contributed by atoms with E-state index >= 15 is 0 Å². The molecule has 0 fully saturated rings. The molecular formula is C27H52O10S10. The number of aliphatic hydroxyl groups excluding tert-OH is 2. The van der Waals surface area contributed by atoms with Crippen LogP contribution in [0.15, 0.2) is 0 Å². The van der Waals surface area contributed by atoms with Gasteiger partial charge in [-0.2, -0.15) is 47.0 Å². The summed E-state index contributed by atoms with van der Waals surface area (Å²) in [6.07, 6.45) is 2.72. The smallest absolute Gasteiger partial charge is 0.306 e. The van der Waals surface area contributed by atoms with Gasteiger partial charge in [0, 0.05) is 59.9 Å². The quantitative estimate of drug-likeness (QED) is 0.0227. The molecule has 0 atom stereocenters. The Labute approximate surface area is 324 Å². The zero-order valence-electron chi connectivity index (χ0n) is 26.9. The van der Waals surface area contributed by atoms with Crippen LogP contribution in [-0.2, 0) is 38.6 Å². The first-order valence-electron chi connectivity index (χ1n) is 15.0. The lowest BCUT2D eigenvalue weighted by molar-refractivity contribution is -0.289. The zero-order valence-corrected chi connectivity index (χ0v) is 35.1. The molecule has 0 aromatic carbocycles. The van der Waals surface area contributed by atoms with Crippen LogP contribution in [0, 0.1) is 0 Å². The van der Waals surface area contributed by atoms with Crippen LogP contribution in [0.25, 0.3) is 0 Å². The Morgan fingerprint density at radius 2 is 0.702 bits per heavy atom. The molecule has 0 saturated heterocycles. The summed E-state index contributed by atoms with van der Waals surface area (Å²) in [4.78, 5) is 44.3. The van der Waals surface area contributed by atoms with E-state index in [4.69, 9.17) is 39.2 Å². The molecule has 10 nitrogen and oxygen atoms in total. The summed E-state index contributed by atoms with van der Waals surface area (Å²) in [6.45, 7) is 3.13. The summed E-state index contributed by atoms with van der Waals surface area (Å²) in [5.41, 5.74) is 0. The van der Waals surface area contributed by atoms with Gasteiger partial charge < -0.3 is 19.7 Å². The molecule has 280 valence electrons. The van der Waals surface area contributed by atoms with E-state index < -0.39 is 0 Å². The summed E-state index contributed by atoms with van der Waals surface area (Å²) in [5, 5.41) is 21.8. The molecule has 20 heteroatoms. The molecule has 0 aliphatic rings. The van der Waals surface area contributed by atoms with Gasteiger partial charge in [-0.1, -0.05) is 0 Å². The third-order valence-electron chi connectivity index (χ3n) is 4.72. The van der Waals surface area contributed by atoms with Crippen LogP contribution in [0.3, 0.4) is 0 Å². The number of hydrogen-bond donors (Lipinski definition) is 2. The van der Waals surface area contributed by atoms with Crippen molar-refractivity contribution in [1.82, 2.24) is 0 Å². The fraction of sp³-hybridized carbons (Fsp3) is 0.926.